The quantitative estimate of drug-likeness (QED) is 0.0558. The standard InChI is InChI=1S/C33H43N7O11S2/c34-20(15-52)28(45)37-22(13-18-6-8-19(41)9-7-18)31(48)38-23(12-17-4-2-1-3-5-17)30(47)36-21(10-11-27(43)44)29(46)39-24(14-26(35)42)32(49)40-25(16-53)33(50)51/h1-9,20-25,41,52-53H,10-16,34H2,(H2,35,42)(H,36,47)(H,37,45)(H,38,48)(H,39,46)(H,40,49)(H,43,44)(H,50,51). The summed E-state index contributed by atoms with van der Waals surface area (Å²) in [7, 11) is 0. The number of aliphatic carboxylic acids is 2. The number of amides is 6. The van der Waals surface area contributed by atoms with Gasteiger partial charge in [-0.15, -0.1) is 0 Å². The molecule has 0 spiro atoms. The van der Waals surface area contributed by atoms with Crippen molar-refractivity contribution in [2.45, 2.75) is 68.4 Å². The Morgan fingerprint density at radius 1 is 0.604 bits per heavy atom. The summed E-state index contributed by atoms with van der Waals surface area (Å²) in [5.41, 5.74) is 12.1. The number of rotatable bonds is 22. The van der Waals surface area contributed by atoms with E-state index in [0.717, 1.165) is 0 Å². The van der Waals surface area contributed by atoms with E-state index < -0.39 is 103 Å². The highest BCUT2D eigenvalue weighted by Crippen LogP contribution is 2.13. The molecule has 53 heavy (non-hydrogen) atoms. The predicted octanol–water partition coefficient (Wildman–Crippen LogP) is -2.39. The topological polar surface area (TPSA) is 309 Å². The molecule has 0 aliphatic rings. The van der Waals surface area contributed by atoms with Gasteiger partial charge in [0.15, 0.2) is 0 Å². The maximum atomic E-state index is 13.9. The maximum Gasteiger partial charge on any atom is 0.327 e. The zero-order valence-corrected chi connectivity index (χ0v) is 30.1. The molecule has 0 bridgehead atoms. The lowest BCUT2D eigenvalue weighted by atomic mass is 10.0. The monoisotopic (exact) mass is 777 g/mol. The lowest BCUT2D eigenvalue weighted by molar-refractivity contribution is -0.141. The van der Waals surface area contributed by atoms with Crippen LogP contribution in [0.1, 0.15) is 30.4 Å². The molecule has 288 valence electrons. The van der Waals surface area contributed by atoms with Gasteiger partial charge in [-0.05, 0) is 29.7 Å². The Bertz CT molecular complexity index is 1620. The number of carboxylic acids is 2. The van der Waals surface area contributed by atoms with Crippen molar-refractivity contribution in [1.82, 2.24) is 26.6 Å². The Morgan fingerprint density at radius 3 is 1.55 bits per heavy atom. The highest BCUT2D eigenvalue weighted by Gasteiger charge is 2.33. The van der Waals surface area contributed by atoms with E-state index in [4.69, 9.17) is 11.5 Å². The van der Waals surface area contributed by atoms with Crippen LogP contribution in [0.4, 0.5) is 0 Å². The summed E-state index contributed by atoms with van der Waals surface area (Å²) in [4.78, 5) is 101. The molecule has 12 N–H and O–H groups in total. The number of carbonyl (C=O) groups excluding carboxylic acids is 6. The fourth-order valence-electron chi connectivity index (χ4n) is 4.72. The van der Waals surface area contributed by atoms with Crippen LogP contribution < -0.4 is 38.1 Å². The Kier molecular flexibility index (Phi) is 18.1. The van der Waals surface area contributed by atoms with Gasteiger partial charge in [0.05, 0.1) is 12.5 Å². The third-order valence-electron chi connectivity index (χ3n) is 7.57. The first-order valence-electron chi connectivity index (χ1n) is 16.1. The summed E-state index contributed by atoms with van der Waals surface area (Å²) in [6.07, 6.45) is -2.19. The zero-order chi connectivity index (χ0) is 39.7. The minimum atomic E-state index is -1.72. The summed E-state index contributed by atoms with van der Waals surface area (Å²) in [5.74, 6) is -9.04. The largest absolute Gasteiger partial charge is 0.508 e. The average Bonchev–Trinajstić information content (AvgIpc) is 3.11. The van der Waals surface area contributed by atoms with Crippen molar-refractivity contribution in [2.24, 2.45) is 11.5 Å². The Labute approximate surface area is 315 Å². The third-order valence-corrected chi connectivity index (χ3v) is 8.33. The number of primary amides is 1. The first-order valence-corrected chi connectivity index (χ1v) is 17.3. The number of carboxylic acid groups (broad SMARTS) is 2. The van der Waals surface area contributed by atoms with E-state index in [2.05, 4.69) is 51.8 Å². The second kappa shape index (κ2) is 21.9. The average molecular weight is 778 g/mol. The van der Waals surface area contributed by atoms with Gasteiger partial charge in [0.2, 0.25) is 35.4 Å². The van der Waals surface area contributed by atoms with E-state index in [0.29, 0.717) is 11.1 Å². The molecular weight excluding hydrogens is 735 g/mol. The molecule has 0 radical (unpaired) electrons. The van der Waals surface area contributed by atoms with Gasteiger partial charge in [0.25, 0.3) is 0 Å². The molecule has 2 rings (SSSR count). The summed E-state index contributed by atoms with van der Waals surface area (Å²) < 4.78 is 0. The van der Waals surface area contributed by atoms with E-state index in [1.165, 1.54) is 24.3 Å². The Balaban J connectivity index is 2.43. The molecule has 20 heteroatoms. The minimum absolute atomic E-state index is 0.0411. The van der Waals surface area contributed by atoms with E-state index in [-0.39, 0.29) is 30.1 Å². The maximum absolute atomic E-state index is 13.9. The van der Waals surface area contributed by atoms with Crippen LogP contribution in [0.15, 0.2) is 54.6 Å². The SMILES string of the molecule is NC(=O)CC(NC(=O)C(CCC(=O)O)NC(=O)C(Cc1ccccc1)NC(=O)C(Cc1ccc(O)cc1)NC(=O)C(N)CS)C(=O)NC(CS)C(=O)O. The summed E-state index contributed by atoms with van der Waals surface area (Å²) in [6.45, 7) is 0. The number of hydrogen-bond donors (Lipinski definition) is 12. The zero-order valence-electron chi connectivity index (χ0n) is 28.3. The first-order chi connectivity index (χ1) is 25.0. The second-order valence-electron chi connectivity index (χ2n) is 11.8. The summed E-state index contributed by atoms with van der Waals surface area (Å²) in [6, 6.07) is 5.48. The van der Waals surface area contributed by atoms with Crippen molar-refractivity contribution in [1.29, 1.82) is 0 Å². The molecule has 6 amide bonds. The van der Waals surface area contributed by atoms with Gasteiger partial charge >= 0.3 is 11.9 Å². The molecular formula is C33H43N7O11S2. The van der Waals surface area contributed by atoms with E-state index in [1.807, 2.05) is 0 Å². The van der Waals surface area contributed by atoms with Crippen molar-refractivity contribution in [2.75, 3.05) is 11.5 Å². The molecule has 0 aliphatic heterocycles. The molecule has 18 nitrogen and oxygen atoms in total. The van der Waals surface area contributed by atoms with Crippen LogP contribution in [0, 0.1) is 0 Å². The van der Waals surface area contributed by atoms with E-state index in [1.54, 1.807) is 30.3 Å². The van der Waals surface area contributed by atoms with Crippen molar-refractivity contribution >= 4 is 72.6 Å². The van der Waals surface area contributed by atoms with Crippen LogP contribution in [0.5, 0.6) is 5.75 Å². The normalized spacial score (nSPS) is 14.2. The molecule has 0 aromatic heterocycles. The van der Waals surface area contributed by atoms with Crippen LogP contribution in [0.3, 0.4) is 0 Å². The van der Waals surface area contributed by atoms with Crippen molar-refractivity contribution in [3.8, 4) is 5.75 Å². The number of carbonyl (C=O) groups is 8. The highest BCUT2D eigenvalue weighted by molar-refractivity contribution is 7.80. The predicted molar refractivity (Wildman–Crippen MR) is 196 cm³/mol. The van der Waals surface area contributed by atoms with Crippen molar-refractivity contribution < 1.29 is 53.7 Å². The van der Waals surface area contributed by atoms with Crippen LogP contribution >= 0.6 is 25.3 Å². The van der Waals surface area contributed by atoms with Crippen molar-refractivity contribution in [3.63, 3.8) is 0 Å². The molecule has 0 heterocycles. The third kappa shape index (κ3) is 15.4. The number of phenols is 1. The van der Waals surface area contributed by atoms with Crippen LogP contribution in [0.25, 0.3) is 0 Å². The number of benzene rings is 2. The number of aromatic hydroxyl groups is 1. The van der Waals surface area contributed by atoms with Gasteiger partial charge in [-0.25, -0.2) is 4.79 Å². The van der Waals surface area contributed by atoms with Gasteiger partial charge in [-0.3, -0.25) is 33.6 Å². The number of nitrogens with two attached hydrogens (primary N) is 2. The van der Waals surface area contributed by atoms with Gasteiger partial charge in [0, 0.05) is 30.8 Å². The lowest BCUT2D eigenvalue weighted by Gasteiger charge is -2.27. The van der Waals surface area contributed by atoms with Crippen LogP contribution in [-0.4, -0.2) is 110 Å². The number of nitrogens with one attached hydrogen (secondary N) is 5. The van der Waals surface area contributed by atoms with Crippen molar-refractivity contribution in [3.05, 3.63) is 65.7 Å². The molecule has 0 fully saturated rings. The van der Waals surface area contributed by atoms with Crippen LogP contribution in [0.2, 0.25) is 0 Å². The van der Waals surface area contributed by atoms with Gasteiger partial charge in [-0.1, -0.05) is 42.5 Å². The molecule has 2 aromatic carbocycles. The number of hydrogen-bond acceptors (Lipinski definition) is 12. The minimum Gasteiger partial charge on any atom is -0.508 e. The first kappa shape index (κ1) is 43.8. The fraction of sp³-hybridized carbons (Fsp3) is 0.394. The van der Waals surface area contributed by atoms with E-state index >= 15 is 0 Å². The molecule has 2 aromatic rings. The number of thiol groups is 2. The summed E-state index contributed by atoms with van der Waals surface area (Å²) >= 11 is 7.88. The van der Waals surface area contributed by atoms with Gasteiger partial charge < -0.3 is 53.4 Å². The Morgan fingerprint density at radius 2 is 1.06 bits per heavy atom. The molecule has 6 atom stereocenters. The highest BCUT2D eigenvalue weighted by atomic mass is 32.1. The fourth-order valence-corrected chi connectivity index (χ4v) is 5.13. The smallest absolute Gasteiger partial charge is 0.327 e. The molecule has 0 saturated heterocycles. The molecule has 0 saturated carbocycles. The van der Waals surface area contributed by atoms with Gasteiger partial charge in [0.1, 0.15) is 36.0 Å². The molecule has 0 aliphatic carbocycles. The summed E-state index contributed by atoms with van der Waals surface area (Å²) in [5, 5.41) is 40.1. The van der Waals surface area contributed by atoms with E-state index in [9.17, 15) is 53.7 Å². The second-order valence-corrected chi connectivity index (χ2v) is 12.5. The number of phenolic OH excluding ortho intramolecular Hbond substituents is 1. The molecule has 6 unspecified atom stereocenters. The Hall–Kier alpha value is -5.34. The lowest BCUT2D eigenvalue weighted by Crippen LogP contribution is -2.60. The van der Waals surface area contributed by atoms with Gasteiger partial charge in [-0.2, -0.15) is 25.3 Å². The van der Waals surface area contributed by atoms with Crippen LogP contribution in [-0.2, 0) is 51.2 Å².